The number of pyridine rings is 2. The lowest BCUT2D eigenvalue weighted by Crippen LogP contribution is -2.22. The summed E-state index contributed by atoms with van der Waals surface area (Å²) in [5, 5.41) is 3.30. The number of ether oxygens (including phenoxy) is 2. The lowest BCUT2D eigenvalue weighted by atomic mass is 10.1. The summed E-state index contributed by atoms with van der Waals surface area (Å²) >= 11 is 0.936. The van der Waals surface area contributed by atoms with Gasteiger partial charge in [0.15, 0.2) is 11.5 Å². The SMILES string of the molecule is CCOc1ccccc1Oc1ccc(CNC(=O)c2sc3nc(C(F)(F)F)ccc3c2C)cn1. The van der Waals surface area contributed by atoms with Crippen LogP contribution in [-0.4, -0.2) is 22.5 Å². The van der Waals surface area contributed by atoms with E-state index in [1.807, 2.05) is 19.1 Å². The van der Waals surface area contributed by atoms with Crippen LogP contribution in [0.3, 0.4) is 0 Å². The second kappa shape index (κ2) is 9.68. The molecule has 0 bridgehead atoms. The molecule has 4 rings (SSSR count). The quantitative estimate of drug-likeness (QED) is 0.339. The third kappa shape index (κ3) is 5.12. The summed E-state index contributed by atoms with van der Waals surface area (Å²) in [6.07, 6.45) is -2.96. The highest BCUT2D eigenvalue weighted by molar-refractivity contribution is 7.20. The lowest BCUT2D eigenvalue weighted by Gasteiger charge is -2.11. The van der Waals surface area contributed by atoms with Crippen LogP contribution in [0.2, 0.25) is 0 Å². The smallest absolute Gasteiger partial charge is 0.433 e. The van der Waals surface area contributed by atoms with Crippen LogP contribution in [0.1, 0.15) is 33.4 Å². The average molecular weight is 488 g/mol. The third-order valence-corrected chi connectivity index (χ3v) is 6.11. The van der Waals surface area contributed by atoms with E-state index in [1.54, 1.807) is 37.4 Å². The van der Waals surface area contributed by atoms with Crippen LogP contribution in [0.5, 0.6) is 17.4 Å². The van der Waals surface area contributed by atoms with Crippen molar-refractivity contribution in [1.82, 2.24) is 15.3 Å². The Labute approximate surface area is 197 Å². The number of hydrogen-bond donors (Lipinski definition) is 1. The predicted molar refractivity (Wildman–Crippen MR) is 122 cm³/mol. The fraction of sp³-hybridized carbons (Fsp3) is 0.208. The first kappa shape index (κ1) is 23.5. The number of thiophene rings is 1. The van der Waals surface area contributed by atoms with Crippen molar-refractivity contribution < 1.29 is 27.4 Å². The summed E-state index contributed by atoms with van der Waals surface area (Å²) in [5.74, 6) is 1.13. The first-order valence-corrected chi connectivity index (χ1v) is 11.2. The zero-order chi connectivity index (χ0) is 24.3. The van der Waals surface area contributed by atoms with Crippen LogP contribution in [-0.2, 0) is 12.7 Å². The van der Waals surface area contributed by atoms with Gasteiger partial charge < -0.3 is 14.8 Å². The lowest BCUT2D eigenvalue weighted by molar-refractivity contribution is -0.140. The summed E-state index contributed by atoms with van der Waals surface area (Å²) < 4.78 is 50.1. The molecule has 4 aromatic rings. The molecular formula is C24H20F3N3O3S. The Morgan fingerprint density at radius 2 is 1.85 bits per heavy atom. The molecule has 1 amide bonds. The molecule has 0 atom stereocenters. The number of fused-ring (bicyclic) bond motifs is 1. The summed E-state index contributed by atoms with van der Waals surface area (Å²) in [4.78, 5) is 21.1. The molecule has 0 unspecified atom stereocenters. The van der Waals surface area contributed by atoms with E-state index in [1.165, 1.54) is 6.07 Å². The Bertz CT molecular complexity index is 1320. The number of benzene rings is 1. The first-order valence-electron chi connectivity index (χ1n) is 10.4. The van der Waals surface area contributed by atoms with E-state index in [0.717, 1.165) is 23.0 Å². The van der Waals surface area contributed by atoms with Gasteiger partial charge in [-0.25, -0.2) is 9.97 Å². The number of nitrogens with zero attached hydrogens (tertiary/aromatic N) is 2. The Morgan fingerprint density at radius 1 is 1.09 bits per heavy atom. The molecule has 0 spiro atoms. The number of hydrogen-bond acceptors (Lipinski definition) is 6. The third-order valence-electron chi connectivity index (χ3n) is 4.91. The van der Waals surface area contributed by atoms with Gasteiger partial charge in [0.2, 0.25) is 5.88 Å². The van der Waals surface area contributed by atoms with E-state index in [4.69, 9.17) is 9.47 Å². The molecule has 0 radical (unpaired) electrons. The fourth-order valence-corrected chi connectivity index (χ4v) is 4.33. The Balaban J connectivity index is 1.42. The van der Waals surface area contributed by atoms with Gasteiger partial charge in [-0.05, 0) is 49.2 Å². The molecule has 3 aromatic heterocycles. The molecule has 0 aliphatic heterocycles. The maximum Gasteiger partial charge on any atom is 0.433 e. The van der Waals surface area contributed by atoms with E-state index < -0.39 is 11.9 Å². The Hall–Kier alpha value is -3.66. The number of carbonyl (C=O) groups is 1. The van der Waals surface area contributed by atoms with Gasteiger partial charge >= 0.3 is 6.18 Å². The summed E-state index contributed by atoms with van der Waals surface area (Å²) in [6.45, 7) is 4.27. The van der Waals surface area contributed by atoms with Crippen molar-refractivity contribution in [3.8, 4) is 17.4 Å². The molecule has 0 aliphatic carbocycles. The van der Waals surface area contributed by atoms with Gasteiger partial charge in [-0.15, -0.1) is 11.3 Å². The van der Waals surface area contributed by atoms with Crippen LogP contribution in [0, 0.1) is 6.92 Å². The first-order chi connectivity index (χ1) is 16.3. The maximum atomic E-state index is 12.9. The van der Waals surface area contributed by atoms with Crippen molar-refractivity contribution in [2.45, 2.75) is 26.6 Å². The molecule has 0 fully saturated rings. The van der Waals surface area contributed by atoms with Gasteiger partial charge in [0, 0.05) is 24.2 Å². The van der Waals surface area contributed by atoms with Gasteiger partial charge in [0.25, 0.3) is 5.91 Å². The van der Waals surface area contributed by atoms with E-state index in [2.05, 4.69) is 15.3 Å². The van der Waals surface area contributed by atoms with Crippen LogP contribution in [0.4, 0.5) is 13.2 Å². The predicted octanol–water partition coefficient (Wildman–Crippen LogP) is 6.14. The fourth-order valence-electron chi connectivity index (χ4n) is 3.23. The highest BCUT2D eigenvalue weighted by Crippen LogP contribution is 2.34. The molecule has 176 valence electrons. The number of rotatable bonds is 7. The van der Waals surface area contributed by atoms with Crippen molar-refractivity contribution in [2.75, 3.05) is 6.61 Å². The minimum absolute atomic E-state index is 0.174. The van der Waals surface area contributed by atoms with Crippen molar-refractivity contribution in [2.24, 2.45) is 0 Å². The number of amides is 1. The zero-order valence-electron chi connectivity index (χ0n) is 18.3. The molecule has 1 N–H and O–H groups in total. The van der Waals surface area contributed by atoms with E-state index in [9.17, 15) is 18.0 Å². The highest BCUT2D eigenvalue weighted by atomic mass is 32.1. The monoisotopic (exact) mass is 487 g/mol. The molecule has 0 aliphatic rings. The van der Waals surface area contributed by atoms with Crippen molar-refractivity contribution in [3.63, 3.8) is 0 Å². The minimum Gasteiger partial charge on any atom is -0.490 e. The molecule has 6 nitrogen and oxygen atoms in total. The van der Waals surface area contributed by atoms with Crippen LogP contribution in [0.25, 0.3) is 10.2 Å². The largest absolute Gasteiger partial charge is 0.490 e. The normalized spacial score (nSPS) is 11.4. The van der Waals surface area contributed by atoms with Crippen LogP contribution in [0.15, 0.2) is 54.7 Å². The second-order valence-corrected chi connectivity index (χ2v) is 8.27. The van der Waals surface area contributed by atoms with Crippen molar-refractivity contribution in [3.05, 3.63) is 76.4 Å². The molecule has 3 heterocycles. The van der Waals surface area contributed by atoms with Gasteiger partial charge in [0.1, 0.15) is 10.5 Å². The number of aryl methyl sites for hydroxylation is 1. The van der Waals surface area contributed by atoms with Gasteiger partial charge in [-0.2, -0.15) is 13.2 Å². The zero-order valence-corrected chi connectivity index (χ0v) is 19.1. The van der Waals surface area contributed by atoms with Crippen molar-refractivity contribution >= 4 is 27.5 Å². The molecular weight excluding hydrogens is 467 g/mol. The summed E-state index contributed by atoms with van der Waals surface area (Å²) in [5.41, 5.74) is 0.342. The van der Waals surface area contributed by atoms with E-state index >= 15 is 0 Å². The van der Waals surface area contributed by atoms with Gasteiger partial charge in [0.05, 0.1) is 11.5 Å². The standard InChI is InChI=1S/C24H20F3N3O3S/c1-3-32-17-6-4-5-7-18(17)33-20-11-8-15(12-28-20)13-29-22(31)21-14(2)16-9-10-19(24(25,26)27)30-23(16)34-21/h4-12H,3,13H2,1-2H3,(H,29,31). The number of alkyl halides is 3. The molecule has 0 saturated heterocycles. The van der Waals surface area contributed by atoms with Gasteiger partial charge in [-0.1, -0.05) is 18.2 Å². The van der Waals surface area contributed by atoms with E-state index in [0.29, 0.717) is 39.8 Å². The number of aromatic nitrogens is 2. The Morgan fingerprint density at radius 3 is 2.53 bits per heavy atom. The maximum absolute atomic E-state index is 12.9. The highest BCUT2D eigenvalue weighted by Gasteiger charge is 2.33. The molecule has 0 saturated carbocycles. The topological polar surface area (TPSA) is 73.3 Å². The summed E-state index contributed by atoms with van der Waals surface area (Å²) in [7, 11) is 0. The molecule has 10 heteroatoms. The second-order valence-electron chi connectivity index (χ2n) is 7.27. The van der Waals surface area contributed by atoms with Gasteiger partial charge in [-0.3, -0.25) is 4.79 Å². The molecule has 34 heavy (non-hydrogen) atoms. The number of nitrogens with one attached hydrogen (secondary N) is 1. The number of para-hydroxylation sites is 2. The molecule has 1 aromatic carbocycles. The number of halogens is 3. The summed E-state index contributed by atoms with van der Waals surface area (Å²) in [6, 6.07) is 13.0. The van der Waals surface area contributed by atoms with Crippen LogP contribution >= 0.6 is 11.3 Å². The van der Waals surface area contributed by atoms with Crippen molar-refractivity contribution in [1.29, 1.82) is 0 Å². The minimum atomic E-state index is -4.54. The van der Waals surface area contributed by atoms with E-state index in [-0.39, 0.29) is 17.3 Å². The number of carbonyl (C=O) groups excluding carboxylic acids is 1. The average Bonchev–Trinajstić information content (AvgIpc) is 3.15. The Kier molecular flexibility index (Phi) is 6.69. The van der Waals surface area contributed by atoms with Crippen LogP contribution < -0.4 is 14.8 Å².